The quantitative estimate of drug-likeness (QED) is 0.376. The Morgan fingerprint density at radius 2 is 2.00 bits per heavy atom. The molecule has 0 bridgehead atoms. The SMILES string of the molecule is C=CC(=O)Nc1cc2c(Nc3ccc4ncccc4c3)ncnc2cc1OCCN1CCOCC1. The second kappa shape index (κ2) is 10.5. The van der Waals surface area contributed by atoms with Crippen molar-refractivity contribution in [1.82, 2.24) is 19.9 Å². The maximum Gasteiger partial charge on any atom is 0.247 e. The van der Waals surface area contributed by atoms with Crippen LogP contribution in [0.1, 0.15) is 0 Å². The maximum atomic E-state index is 12.1. The van der Waals surface area contributed by atoms with Crippen LogP contribution < -0.4 is 15.4 Å². The molecule has 0 spiro atoms. The number of carbonyl (C=O) groups excluding carboxylic acids is 1. The van der Waals surface area contributed by atoms with Gasteiger partial charge in [-0.1, -0.05) is 12.6 Å². The van der Waals surface area contributed by atoms with Crippen molar-refractivity contribution in [2.45, 2.75) is 0 Å². The number of benzene rings is 2. The largest absolute Gasteiger partial charge is 0.490 e. The zero-order valence-electron chi connectivity index (χ0n) is 19.2. The van der Waals surface area contributed by atoms with Gasteiger partial charge in [-0.2, -0.15) is 0 Å². The van der Waals surface area contributed by atoms with Crippen LogP contribution in [0.5, 0.6) is 5.75 Å². The van der Waals surface area contributed by atoms with Crippen molar-refractivity contribution in [2.75, 3.05) is 50.1 Å². The molecule has 1 aliphatic rings. The molecular weight excluding hydrogens is 444 g/mol. The molecule has 0 atom stereocenters. The molecule has 1 aliphatic heterocycles. The first kappa shape index (κ1) is 22.7. The Kier molecular flexibility index (Phi) is 6.78. The number of pyridine rings is 1. The van der Waals surface area contributed by atoms with E-state index in [0.29, 0.717) is 29.4 Å². The van der Waals surface area contributed by atoms with Crippen LogP contribution in [0, 0.1) is 0 Å². The molecule has 1 amide bonds. The highest BCUT2D eigenvalue weighted by atomic mass is 16.5. The number of nitrogens with one attached hydrogen (secondary N) is 2. The zero-order chi connectivity index (χ0) is 24.0. The summed E-state index contributed by atoms with van der Waals surface area (Å²) in [5.41, 5.74) is 3.01. The summed E-state index contributed by atoms with van der Waals surface area (Å²) in [5.74, 6) is 0.838. The van der Waals surface area contributed by atoms with E-state index in [1.807, 2.05) is 42.5 Å². The monoisotopic (exact) mass is 470 g/mol. The van der Waals surface area contributed by atoms with E-state index in [1.54, 1.807) is 6.20 Å². The smallest absolute Gasteiger partial charge is 0.247 e. The summed E-state index contributed by atoms with van der Waals surface area (Å²) >= 11 is 0. The van der Waals surface area contributed by atoms with Gasteiger partial charge in [-0.15, -0.1) is 0 Å². The molecule has 2 N–H and O–H groups in total. The Hall–Kier alpha value is -4.08. The van der Waals surface area contributed by atoms with Crippen molar-refractivity contribution >= 4 is 44.9 Å². The van der Waals surface area contributed by atoms with Crippen LogP contribution in [0.15, 0.2) is 67.6 Å². The number of rotatable bonds is 8. The fourth-order valence-corrected chi connectivity index (χ4v) is 3.98. The summed E-state index contributed by atoms with van der Waals surface area (Å²) in [6.45, 7) is 8.03. The molecule has 4 aromatic rings. The summed E-state index contributed by atoms with van der Waals surface area (Å²) in [4.78, 5) is 27.7. The predicted molar refractivity (Wildman–Crippen MR) is 136 cm³/mol. The van der Waals surface area contributed by atoms with Crippen molar-refractivity contribution < 1.29 is 14.3 Å². The number of carbonyl (C=O) groups is 1. The van der Waals surface area contributed by atoms with Crippen LogP contribution in [0.25, 0.3) is 21.8 Å². The molecule has 0 aliphatic carbocycles. The number of anilines is 3. The second-order valence-corrected chi connectivity index (χ2v) is 8.12. The molecule has 1 saturated heterocycles. The van der Waals surface area contributed by atoms with Gasteiger partial charge in [-0.05, 0) is 36.4 Å². The van der Waals surface area contributed by atoms with Gasteiger partial charge >= 0.3 is 0 Å². The molecule has 2 aromatic heterocycles. The van der Waals surface area contributed by atoms with Gasteiger partial charge in [0.25, 0.3) is 0 Å². The fraction of sp³-hybridized carbons (Fsp3) is 0.231. The molecule has 0 unspecified atom stereocenters. The molecule has 1 fully saturated rings. The highest BCUT2D eigenvalue weighted by Gasteiger charge is 2.15. The van der Waals surface area contributed by atoms with Gasteiger partial charge in [-0.3, -0.25) is 14.7 Å². The topological polar surface area (TPSA) is 102 Å². The second-order valence-electron chi connectivity index (χ2n) is 8.12. The third-order valence-electron chi connectivity index (χ3n) is 5.81. The lowest BCUT2D eigenvalue weighted by molar-refractivity contribution is -0.111. The van der Waals surface area contributed by atoms with Crippen LogP contribution >= 0.6 is 0 Å². The average molecular weight is 471 g/mol. The third-order valence-corrected chi connectivity index (χ3v) is 5.81. The molecule has 3 heterocycles. The molecular formula is C26H26N6O3. The number of nitrogens with zero attached hydrogens (tertiary/aromatic N) is 4. The van der Waals surface area contributed by atoms with Gasteiger partial charge in [0, 0.05) is 48.4 Å². The number of amides is 1. The van der Waals surface area contributed by atoms with Gasteiger partial charge in [0.05, 0.1) is 29.9 Å². The standard InChI is InChI=1S/C26H26N6O3/c1-2-25(33)31-23-15-20-22(16-24(23)35-13-10-32-8-11-34-12-9-32)28-17-29-26(20)30-19-5-6-21-18(14-19)4-3-7-27-21/h2-7,14-17H,1,8-13H2,(H,31,33)(H,28,29,30). The molecule has 178 valence electrons. The van der Waals surface area contributed by atoms with Gasteiger partial charge < -0.3 is 20.1 Å². The lowest BCUT2D eigenvalue weighted by Crippen LogP contribution is -2.38. The van der Waals surface area contributed by atoms with Gasteiger partial charge in [0.2, 0.25) is 5.91 Å². The Morgan fingerprint density at radius 1 is 1.11 bits per heavy atom. The molecule has 9 nitrogen and oxygen atoms in total. The minimum Gasteiger partial charge on any atom is -0.490 e. The summed E-state index contributed by atoms with van der Waals surface area (Å²) in [5, 5.41) is 7.99. The fourth-order valence-electron chi connectivity index (χ4n) is 3.98. The predicted octanol–water partition coefficient (Wildman–Crippen LogP) is 3.76. The van der Waals surface area contributed by atoms with Gasteiger partial charge in [-0.25, -0.2) is 9.97 Å². The van der Waals surface area contributed by atoms with E-state index in [4.69, 9.17) is 9.47 Å². The summed E-state index contributed by atoms with van der Waals surface area (Å²) in [6.07, 6.45) is 4.51. The number of morpholine rings is 1. The van der Waals surface area contributed by atoms with Crippen LogP contribution in [-0.4, -0.2) is 65.2 Å². The van der Waals surface area contributed by atoms with E-state index in [1.165, 1.54) is 12.4 Å². The summed E-state index contributed by atoms with van der Waals surface area (Å²) < 4.78 is 11.5. The van der Waals surface area contributed by atoms with Crippen LogP contribution in [0.3, 0.4) is 0 Å². The summed E-state index contributed by atoms with van der Waals surface area (Å²) in [6, 6.07) is 13.5. The maximum absolute atomic E-state index is 12.1. The first-order valence-corrected chi connectivity index (χ1v) is 11.5. The van der Waals surface area contributed by atoms with Crippen LogP contribution in [0.4, 0.5) is 17.2 Å². The Morgan fingerprint density at radius 3 is 2.86 bits per heavy atom. The van der Waals surface area contributed by atoms with Crippen LogP contribution in [-0.2, 0) is 9.53 Å². The van der Waals surface area contributed by atoms with E-state index in [0.717, 1.165) is 54.8 Å². The van der Waals surface area contributed by atoms with Gasteiger partial charge in [0.1, 0.15) is 24.5 Å². The van der Waals surface area contributed by atoms with E-state index < -0.39 is 0 Å². The molecule has 0 radical (unpaired) electrons. The number of aromatic nitrogens is 3. The third kappa shape index (κ3) is 5.37. The minimum absolute atomic E-state index is 0.323. The highest BCUT2D eigenvalue weighted by Crippen LogP contribution is 2.33. The highest BCUT2D eigenvalue weighted by molar-refractivity contribution is 6.03. The van der Waals surface area contributed by atoms with E-state index in [2.05, 4.69) is 37.1 Å². The molecule has 2 aromatic carbocycles. The van der Waals surface area contributed by atoms with E-state index in [9.17, 15) is 4.79 Å². The first-order valence-electron chi connectivity index (χ1n) is 11.5. The number of hydrogen-bond donors (Lipinski definition) is 2. The average Bonchev–Trinajstić information content (AvgIpc) is 2.89. The zero-order valence-corrected chi connectivity index (χ0v) is 19.2. The number of hydrogen-bond acceptors (Lipinski definition) is 8. The molecule has 35 heavy (non-hydrogen) atoms. The van der Waals surface area contributed by atoms with Crippen molar-refractivity contribution in [1.29, 1.82) is 0 Å². The Labute approximate surface area is 202 Å². The van der Waals surface area contributed by atoms with E-state index in [-0.39, 0.29) is 5.91 Å². The number of ether oxygens (including phenoxy) is 2. The van der Waals surface area contributed by atoms with Crippen molar-refractivity contribution in [3.8, 4) is 5.75 Å². The van der Waals surface area contributed by atoms with Crippen molar-refractivity contribution in [3.05, 3.63) is 67.6 Å². The molecule has 0 saturated carbocycles. The van der Waals surface area contributed by atoms with Crippen molar-refractivity contribution in [2.24, 2.45) is 0 Å². The van der Waals surface area contributed by atoms with Crippen LogP contribution in [0.2, 0.25) is 0 Å². The first-order chi connectivity index (χ1) is 17.2. The molecule has 9 heteroatoms. The summed E-state index contributed by atoms with van der Waals surface area (Å²) in [7, 11) is 0. The lowest BCUT2D eigenvalue weighted by Gasteiger charge is -2.26. The Balaban J connectivity index is 1.43. The minimum atomic E-state index is -0.323. The van der Waals surface area contributed by atoms with Crippen molar-refractivity contribution in [3.63, 3.8) is 0 Å². The normalized spacial score (nSPS) is 14.1. The van der Waals surface area contributed by atoms with E-state index >= 15 is 0 Å². The molecule has 5 rings (SSSR count). The van der Waals surface area contributed by atoms with Gasteiger partial charge in [0.15, 0.2) is 0 Å². The lowest BCUT2D eigenvalue weighted by atomic mass is 10.1. The number of fused-ring (bicyclic) bond motifs is 2. The Bertz CT molecular complexity index is 1370.